The zero-order chi connectivity index (χ0) is 14.7. The molecule has 0 radical (unpaired) electrons. The molecule has 1 rings (SSSR count). The van der Waals surface area contributed by atoms with Crippen LogP contribution in [-0.2, 0) is 16.0 Å². The van der Waals surface area contributed by atoms with Crippen molar-refractivity contribution in [2.24, 2.45) is 0 Å². The largest absolute Gasteiger partial charge is 0.416 e. The quantitative estimate of drug-likeness (QED) is 0.907. The minimum Gasteiger partial charge on any atom is -0.309 e. The van der Waals surface area contributed by atoms with E-state index in [2.05, 4.69) is 5.32 Å². The van der Waals surface area contributed by atoms with Crippen LogP contribution in [-0.4, -0.2) is 27.0 Å². The third-order valence-electron chi connectivity index (χ3n) is 2.66. The van der Waals surface area contributed by atoms with E-state index in [1.54, 1.807) is 6.92 Å². The van der Waals surface area contributed by atoms with Gasteiger partial charge in [-0.2, -0.15) is 13.2 Å². The van der Waals surface area contributed by atoms with Crippen LogP contribution in [0.15, 0.2) is 24.3 Å². The molecule has 19 heavy (non-hydrogen) atoms. The molecule has 0 aliphatic carbocycles. The lowest BCUT2D eigenvalue weighted by molar-refractivity contribution is -0.138. The monoisotopic (exact) mass is 295 g/mol. The first-order valence-corrected chi connectivity index (χ1v) is 7.74. The number of hydrogen-bond donors (Lipinski definition) is 1. The van der Waals surface area contributed by atoms with Gasteiger partial charge < -0.3 is 5.32 Å². The highest BCUT2D eigenvalue weighted by Crippen LogP contribution is 2.34. The molecule has 0 aliphatic heterocycles. The number of halogens is 3. The Morgan fingerprint density at radius 2 is 1.84 bits per heavy atom. The second-order valence-corrected chi connectivity index (χ2v) is 6.65. The summed E-state index contributed by atoms with van der Waals surface area (Å²) in [5.41, 5.74) is -0.585. The summed E-state index contributed by atoms with van der Waals surface area (Å²) < 4.78 is 60.3. The van der Waals surface area contributed by atoms with E-state index in [0.29, 0.717) is 0 Å². The molecule has 1 atom stereocenters. The van der Waals surface area contributed by atoms with Crippen LogP contribution in [0.5, 0.6) is 0 Å². The van der Waals surface area contributed by atoms with Crippen molar-refractivity contribution in [2.45, 2.75) is 19.1 Å². The molecule has 1 aromatic rings. The molecule has 108 valence electrons. The maximum absolute atomic E-state index is 12.8. The van der Waals surface area contributed by atoms with Gasteiger partial charge in [0.2, 0.25) is 0 Å². The van der Waals surface area contributed by atoms with Gasteiger partial charge in [0.05, 0.1) is 11.3 Å². The topological polar surface area (TPSA) is 46.2 Å². The molecule has 1 unspecified atom stereocenters. The maximum atomic E-state index is 12.8. The summed E-state index contributed by atoms with van der Waals surface area (Å²) in [5.74, 6) is -0.106. The minimum atomic E-state index is -4.41. The minimum absolute atomic E-state index is 0.106. The van der Waals surface area contributed by atoms with Crippen LogP contribution in [0.4, 0.5) is 13.2 Å². The number of sulfone groups is 1. The number of nitrogens with one attached hydrogen (secondary N) is 1. The number of alkyl halides is 3. The van der Waals surface area contributed by atoms with Gasteiger partial charge in [-0.25, -0.2) is 8.42 Å². The molecular weight excluding hydrogens is 279 g/mol. The molecule has 1 aromatic carbocycles. The highest BCUT2D eigenvalue weighted by atomic mass is 32.2. The Labute approximate surface area is 110 Å². The van der Waals surface area contributed by atoms with Crippen molar-refractivity contribution in [2.75, 3.05) is 18.6 Å². The van der Waals surface area contributed by atoms with Gasteiger partial charge in [0.15, 0.2) is 0 Å². The Balaban J connectivity index is 2.80. The molecule has 0 fully saturated rings. The molecule has 1 N–H and O–H groups in total. The number of benzene rings is 1. The van der Waals surface area contributed by atoms with Crippen molar-refractivity contribution < 1.29 is 21.6 Å². The molecule has 0 heterocycles. The Hall–Kier alpha value is -1.08. The molecule has 0 aromatic heterocycles. The van der Waals surface area contributed by atoms with Crippen LogP contribution in [0, 0.1) is 0 Å². The van der Waals surface area contributed by atoms with Crippen molar-refractivity contribution in [3.63, 3.8) is 0 Å². The van der Waals surface area contributed by atoms with Gasteiger partial charge in [0.1, 0.15) is 9.84 Å². The molecule has 3 nitrogen and oxygen atoms in total. The summed E-state index contributed by atoms with van der Waals surface area (Å²) >= 11 is 0. The Bertz CT molecular complexity index is 526. The Kier molecular flexibility index (Phi) is 4.98. The van der Waals surface area contributed by atoms with Crippen molar-refractivity contribution in [3.05, 3.63) is 35.4 Å². The van der Waals surface area contributed by atoms with Gasteiger partial charge in [0.25, 0.3) is 0 Å². The lowest BCUT2D eigenvalue weighted by atomic mass is 10.0. The van der Waals surface area contributed by atoms with Gasteiger partial charge in [-0.15, -0.1) is 0 Å². The van der Waals surface area contributed by atoms with Crippen molar-refractivity contribution in [3.8, 4) is 0 Å². The standard InChI is InChI=1S/C12H16F3NO2S/c1-9(16-7-8-19(2,17)18)10-5-3-4-6-11(10)12(13,14)15/h3-6,9,16H,7-8H2,1-2H3. The van der Waals surface area contributed by atoms with Gasteiger partial charge in [-0.3, -0.25) is 0 Å². The summed E-state index contributed by atoms with van der Waals surface area (Å²) in [7, 11) is -3.13. The van der Waals surface area contributed by atoms with Gasteiger partial charge >= 0.3 is 6.18 Å². The molecule has 0 bridgehead atoms. The third kappa shape index (κ3) is 5.20. The van der Waals surface area contributed by atoms with E-state index in [1.165, 1.54) is 18.2 Å². The Morgan fingerprint density at radius 3 is 2.37 bits per heavy atom. The van der Waals surface area contributed by atoms with E-state index in [-0.39, 0.29) is 17.9 Å². The van der Waals surface area contributed by atoms with Crippen LogP contribution in [0.2, 0.25) is 0 Å². The summed E-state index contributed by atoms with van der Waals surface area (Å²) in [6, 6.07) is 4.69. The van der Waals surface area contributed by atoms with E-state index < -0.39 is 27.6 Å². The number of hydrogen-bond acceptors (Lipinski definition) is 3. The molecular formula is C12H16F3NO2S. The molecule has 0 saturated carbocycles. The second-order valence-electron chi connectivity index (χ2n) is 4.39. The zero-order valence-electron chi connectivity index (χ0n) is 10.7. The fourth-order valence-electron chi connectivity index (χ4n) is 1.70. The second kappa shape index (κ2) is 5.92. The predicted molar refractivity (Wildman–Crippen MR) is 67.6 cm³/mol. The SMILES string of the molecule is CC(NCCS(C)(=O)=O)c1ccccc1C(F)(F)F. The van der Waals surface area contributed by atoms with E-state index in [0.717, 1.165) is 12.3 Å². The number of rotatable bonds is 5. The van der Waals surface area contributed by atoms with Crippen LogP contribution < -0.4 is 5.32 Å². The van der Waals surface area contributed by atoms with Crippen LogP contribution in [0.3, 0.4) is 0 Å². The summed E-state index contributed by atoms with van der Waals surface area (Å²) in [4.78, 5) is 0. The highest BCUT2D eigenvalue weighted by Gasteiger charge is 2.33. The zero-order valence-corrected chi connectivity index (χ0v) is 11.5. The molecule has 7 heteroatoms. The van der Waals surface area contributed by atoms with Crippen molar-refractivity contribution >= 4 is 9.84 Å². The fraction of sp³-hybridized carbons (Fsp3) is 0.500. The van der Waals surface area contributed by atoms with E-state index in [4.69, 9.17) is 0 Å². The predicted octanol–water partition coefficient (Wildman–Crippen LogP) is 2.40. The lowest BCUT2D eigenvalue weighted by Crippen LogP contribution is -2.27. The van der Waals surface area contributed by atoms with E-state index in [1.807, 2.05) is 0 Å². The first kappa shape index (κ1) is 16.0. The van der Waals surface area contributed by atoms with E-state index >= 15 is 0 Å². The molecule has 0 amide bonds. The lowest BCUT2D eigenvalue weighted by Gasteiger charge is -2.19. The first-order chi connectivity index (χ1) is 8.61. The van der Waals surface area contributed by atoms with Gasteiger partial charge in [-0.1, -0.05) is 18.2 Å². The molecule has 0 aliphatic rings. The fourth-order valence-corrected chi connectivity index (χ4v) is 2.19. The average molecular weight is 295 g/mol. The van der Waals surface area contributed by atoms with Crippen LogP contribution in [0.1, 0.15) is 24.1 Å². The van der Waals surface area contributed by atoms with Crippen LogP contribution in [0.25, 0.3) is 0 Å². The molecule has 0 spiro atoms. The maximum Gasteiger partial charge on any atom is 0.416 e. The van der Waals surface area contributed by atoms with Gasteiger partial charge in [-0.05, 0) is 18.6 Å². The van der Waals surface area contributed by atoms with Gasteiger partial charge in [0, 0.05) is 18.8 Å². The van der Waals surface area contributed by atoms with Crippen molar-refractivity contribution in [1.82, 2.24) is 5.32 Å². The highest BCUT2D eigenvalue weighted by molar-refractivity contribution is 7.90. The Morgan fingerprint density at radius 1 is 1.26 bits per heavy atom. The normalized spacial score (nSPS) is 14.4. The van der Waals surface area contributed by atoms with Crippen molar-refractivity contribution in [1.29, 1.82) is 0 Å². The smallest absolute Gasteiger partial charge is 0.309 e. The summed E-state index contributed by atoms with van der Waals surface area (Å²) in [5, 5.41) is 2.79. The molecule has 0 saturated heterocycles. The first-order valence-electron chi connectivity index (χ1n) is 5.68. The third-order valence-corrected chi connectivity index (χ3v) is 3.60. The average Bonchev–Trinajstić information content (AvgIpc) is 2.26. The summed E-state index contributed by atoms with van der Waals surface area (Å²) in [6.07, 6.45) is -3.33. The summed E-state index contributed by atoms with van der Waals surface area (Å²) in [6.45, 7) is 1.69. The van der Waals surface area contributed by atoms with E-state index in [9.17, 15) is 21.6 Å². The van der Waals surface area contributed by atoms with Crippen LogP contribution >= 0.6 is 0 Å².